The molecular weight excluding hydrogens is 445 g/mol. The normalized spacial score (nSPS) is 18.8. The Morgan fingerprint density at radius 2 is 1.93 bits per heavy atom. The first-order valence-corrected chi connectivity index (χ1v) is 12.6. The minimum Gasteiger partial charge on any atom is -0.489 e. The Bertz CT molecular complexity index is 924. The Morgan fingerprint density at radius 1 is 1.17 bits per heavy atom. The Hall–Kier alpha value is -1.31. The number of rotatable bonds is 9. The molecule has 2 unspecified atom stereocenters. The fraction of sp³-hybridized carbons (Fsp3) is 0.455. The average molecular weight is 472 g/mol. The molecule has 3 rings (SSSR count). The maximum absolute atomic E-state index is 11.8. The van der Waals surface area contributed by atoms with Gasteiger partial charge in [-0.15, -0.1) is 0 Å². The summed E-state index contributed by atoms with van der Waals surface area (Å²) in [6.45, 7) is 2.37. The third kappa shape index (κ3) is 7.75. The molecule has 1 heterocycles. The third-order valence-electron chi connectivity index (χ3n) is 5.06. The highest BCUT2D eigenvalue weighted by molar-refractivity contribution is 7.86. The van der Waals surface area contributed by atoms with Crippen LogP contribution in [0.25, 0.3) is 0 Å². The van der Waals surface area contributed by atoms with Crippen molar-refractivity contribution in [3.63, 3.8) is 0 Å². The molecule has 0 N–H and O–H groups in total. The van der Waals surface area contributed by atoms with Crippen molar-refractivity contribution >= 4 is 33.3 Å². The molecule has 2 aromatic carbocycles. The molecule has 1 aliphatic rings. The Morgan fingerprint density at radius 3 is 2.63 bits per heavy atom. The summed E-state index contributed by atoms with van der Waals surface area (Å²) in [7, 11) is -3.62. The second kappa shape index (κ2) is 10.8. The summed E-state index contributed by atoms with van der Waals surface area (Å²) in [6, 6.07) is 15.4. The van der Waals surface area contributed by atoms with Gasteiger partial charge in [0.25, 0.3) is 10.1 Å². The molecule has 0 saturated carbocycles. The molecule has 0 radical (unpaired) electrons. The number of likely N-dealkylation sites (tertiary alicyclic amines) is 1. The van der Waals surface area contributed by atoms with E-state index in [1.807, 2.05) is 6.07 Å². The molecule has 8 heteroatoms. The lowest BCUT2D eigenvalue weighted by molar-refractivity contribution is 0.0716. The summed E-state index contributed by atoms with van der Waals surface area (Å²) in [5.74, 6) is 0.982. The molecule has 1 aliphatic heterocycles. The highest BCUT2D eigenvalue weighted by Gasteiger charge is 2.25. The van der Waals surface area contributed by atoms with Gasteiger partial charge in [-0.2, -0.15) is 8.42 Å². The van der Waals surface area contributed by atoms with Gasteiger partial charge in [0, 0.05) is 18.1 Å². The number of benzene rings is 2. The Balaban J connectivity index is 1.60. The van der Waals surface area contributed by atoms with Crippen molar-refractivity contribution in [2.24, 2.45) is 5.92 Å². The van der Waals surface area contributed by atoms with Gasteiger partial charge in [-0.05, 0) is 55.5 Å². The van der Waals surface area contributed by atoms with E-state index in [0.717, 1.165) is 32.2 Å². The van der Waals surface area contributed by atoms with Crippen LogP contribution in [-0.4, -0.2) is 51.9 Å². The fourth-order valence-electron chi connectivity index (χ4n) is 3.85. The molecular formula is C22H27Cl2NO4S. The number of ether oxygens (including phenoxy) is 1. The zero-order chi connectivity index (χ0) is 21.6. The van der Waals surface area contributed by atoms with Crippen LogP contribution in [0.2, 0.25) is 10.0 Å². The first-order chi connectivity index (χ1) is 14.3. The summed E-state index contributed by atoms with van der Waals surface area (Å²) in [5, 5.41) is 0.885. The molecule has 164 valence electrons. The third-order valence-corrected chi connectivity index (χ3v) is 6.21. The quantitative estimate of drug-likeness (QED) is 0.497. The zero-order valence-corrected chi connectivity index (χ0v) is 19.3. The van der Waals surface area contributed by atoms with Crippen molar-refractivity contribution < 1.29 is 17.3 Å². The summed E-state index contributed by atoms with van der Waals surface area (Å²) >= 11 is 12.1. The van der Waals surface area contributed by atoms with Crippen molar-refractivity contribution in [1.82, 2.24) is 4.90 Å². The number of halogens is 2. The van der Waals surface area contributed by atoms with E-state index < -0.39 is 16.2 Å². The van der Waals surface area contributed by atoms with Gasteiger partial charge in [0.05, 0.1) is 11.3 Å². The van der Waals surface area contributed by atoms with E-state index in [2.05, 4.69) is 29.2 Å². The van der Waals surface area contributed by atoms with Crippen LogP contribution >= 0.6 is 23.2 Å². The van der Waals surface area contributed by atoms with Crippen LogP contribution in [0.1, 0.15) is 18.4 Å². The molecule has 2 atom stereocenters. The molecule has 2 aromatic rings. The highest BCUT2D eigenvalue weighted by Crippen LogP contribution is 2.28. The van der Waals surface area contributed by atoms with Gasteiger partial charge in [0.1, 0.15) is 18.5 Å². The van der Waals surface area contributed by atoms with E-state index in [1.165, 1.54) is 12.0 Å². The lowest BCUT2D eigenvalue weighted by atomic mass is 9.91. The molecule has 0 amide bonds. The van der Waals surface area contributed by atoms with Crippen molar-refractivity contribution in [2.45, 2.75) is 25.4 Å². The van der Waals surface area contributed by atoms with E-state index in [0.29, 0.717) is 28.3 Å². The van der Waals surface area contributed by atoms with Crippen molar-refractivity contribution in [3.05, 3.63) is 64.1 Å². The van der Waals surface area contributed by atoms with Crippen LogP contribution < -0.4 is 4.74 Å². The SMILES string of the molecule is CS(=O)(=O)OC(COc1ccc(Cl)cc1Cl)CN1CCCC(Cc2ccccc2)C1. The minimum absolute atomic E-state index is 0.0777. The van der Waals surface area contributed by atoms with Crippen LogP contribution in [0.3, 0.4) is 0 Å². The fourth-order valence-corrected chi connectivity index (χ4v) is 4.93. The molecule has 0 aromatic heterocycles. The second-order valence-electron chi connectivity index (χ2n) is 7.77. The van der Waals surface area contributed by atoms with E-state index in [9.17, 15) is 8.42 Å². The van der Waals surface area contributed by atoms with E-state index in [4.69, 9.17) is 32.1 Å². The predicted octanol–water partition coefficient (Wildman–Crippen LogP) is 4.67. The number of hydrogen-bond acceptors (Lipinski definition) is 5. The standard InChI is InChI=1S/C22H27Cl2NO4S/c1-30(26,27)29-20(16-28-22-10-9-19(23)13-21(22)24)15-25-11-5-8-18(14-25)12-17-6-3-2-4-7-17/h2-4,6-7,9-10,13,18,20H,5,8,11-12,14-16H2,1H3. The van der Waals surface area contributed by atoms with E-state index >= 15 is 0 Å². The lowest BCUT2D eigenvalue weighted by Crippen LogP contribution is -2.43. The largest absolute Gasteiger partial charge is 0.489 e. The van der Waals surface area contributed by atoms with Crippen LogP contribution in [0.5, 0.6) is 5.75 Å². The van der Waals surface area contributed by atoms with Crippen LogP contribution in [0, 0.1) is 5.92 Å². The molecule has 30 heavy (non-hydrogen) atoms. The van der Waals surface area contributed by atoms with E-state index in [1.54, 1.807) is 18.2 Å². The zero-order valence-electron chi connectivity index (χ0n) is 17.0. The van der Waals surface area contributed by atoms with Crippen LogP contribution in [0.4, 0.5) is 0 Å². The van der Waals surface area contributed by atoms with Gasteiger partial charge in [0.2, 0.25) is 0 Å². The maximum atomic E-state index is 11.8. The van der Waals surface area contributed by atoms with Gasteiger partial charge in [-0.25, -0.2) is 0 Å². The van der Waals surface area contributed by atoms with Crippen molar-refractivity contribution in [2.75, 3.05) is 32.5 Å². The Labute approximate surface area is 189 Å². The first kappa shape index (κ1) is 23.4. The maximum Gasteiger partial charge on any atom is 0.264 e. The van der Waals surface area contributed by atoms with Crippen LogP contribution in [-0.2, 0) is 20.7 Å². The summed E-state index contributed by atoms with van der Waals surface area (Å²) in [4.78, 5) is 2.26. The average Bonchev–Trinajstić information content (AvgIpc) is 2.67. The van der Waals surface area contributed by atoms with Crippen molar-refractivity contribution in [3.8, 4) is 5.75 Å². The minimum atomic E-state index is -3.62. The van der Waals surface area contributed by atoms with Gasteiger partial charge >= 0.3 is 0 Å². The summed E-state index contributed by atoms with van der Waals surface area (Å²) in [5.41, 5.74) is 1.33. The lowest BCUT2D eigenvalue weighted by Gasteiger charge is -2.34. The second-order valence-corrected chi connectivity index (χ2v) is 10.2. The monoisotopic (exact) mass is 471 g/mol. The van der Waals surface area contributed by atoms with Crippen LogP contribution in [0.15, 0.2) is 48.5 Å². The summed E-state index contributed by atoms with van der Waals surface area (Å²) in [6.07, 6.45) is 3.70. The topological polar surface area (TPSA) is 55.8 Å². The molecule has 1 fully saturated rings. The summed E-state index contributed by atoms with van der Waals surface area (Å²) < 4.78 is 34.6. The molecule has 1 saturated heterocycles. The highest BCUT2D eigenvalue weighted by atomic mass is 35.5. The number of hydrogen-bond donors (Lipinski definition) is 0. The molecule has 0 spiro atoms. The Kier molecular flexibility index (Phi) is 8.43. The van der Waals surface area contributed by atoms with Gasteiger partial charge < -0.3 is 9.64 Å². The number of piperidine rings is 1. The van der Waals surface area contributed by atoms with Gasteiger partial charge in [-0.3, -0.25) is 4.18 Å². The van der Waals surface area contributed by atoms with Crippen molar-refractivity contribution in [1.29, 1.82) is 0 Å². The van der Waals surface area contributed by atoms with Gasteiger partial charge in [-0.1, -0.05) is 53.5 Å². The molecule has 5 nitrogen and oxygen atoms in total. The van der Waals surface area contributed by atoms with E-state index in [-0.39, 0.29) is 6.61 Å². The first-order valence-electron chi connectivity index (χ1n) is 10.0. The number of nitrogens with zero attached hydrogens (tertiary/aromatic N) is 1. The molecule has 0 aliphatic carbocycles. The predicted molar refractivity (Wildman–Crippen MR) is 121 cm³/mol. The van der Waals surface area contributed by atoms with Gasteiger partial charge in [0.15, 0.2) is 0 Å². The molecule has 0 bridgehead atoms. The smallest absolute Gasteiger partial charge is 0.264 e.